The highest BCUT2D eigenvalue weighted by Crippen LogP contribution is 2.46. The summed E-state index contributed by atoms with van der Waals surface area (Å²) in [5.74, 6) is 0.0964. The van der Waals surface area contributed by atoms with Crippen molar-refractivity contribution in [2.24, 2.45) is 11.3 Å². The molecule has 1 saturated carbocycles. The molecule has 216 valence electrons. The van der Waals surface area contributed by atoms with E-state index in [1.54, 1.807) is 24.3 Å². The summed E-state index contributed by atoms with van der Waals surface area (Å²) in [6.07, 6.45) is -1.85. The number of ether oxygens (including phenoxy) is 1. The van der Waals surface area contributed by atoms with Crippen molar-refractivity contribution in [2.75, 3.05) is 5.32 Å². The number of aromatic nitrogens is 2. The van der Waals surface area contributed by atoms with Crippen LogP contribution in [-0.2, 0) is 6.54 Å². The van der Waals surface area contributed by atoms with Gasteiger partial charge in [0.25, 0.3) is 5.91 Å². The van der Waals surface area contributed by atoms with E-state index in [0.29, 0.717) is 28.6 Å². The normalized spacial score (nSPS) is 18.7. The van der Waals surface area contributed by atoms with Crippen molar-refractivity contribution < 1.29 is 27.1 Å². The number of imidazole rings is 1. The topological polar surface area (TPSA) is 68.2 Å². The summed E-state index contributed by atoms with van der Waals surface area (Å²) in [5, 5.41) is 6.16. The second-order valence-electron chi connectivity index (χ2n) is 11.6. The minimum Gasteiger partial charge on any atom is -0.406 e. The Kier molecular flexibility index (Phi) is 7.68. The minimum absolute atomic E-state index is 0.0895. The Labute approximate surface area is 235 Å². The van der Waals surface area contributed by atoms with Crippen LogP contribution in [0.4, 0.5) is 29.2 Å². The van der Waals surface area contributed by atoms with Crippen molar-refractivity contribution in [1.82, 2.24) is 14.9 Å². The van der Waals surface area contributed by atoms with Crippen LogP contribution in [0.5, 0.6) is 5.75 Å². The fourth-order valence-corrected chi connectivity index (χ4v) is 5.94. The number of amides is 1. The highest BCUT2D eigenvalue weighted by Gasteiger charge is 2.35. The van der Waals surface area contributed by atoms with Gasteiger partial charge in [0.05, 0.1) is 11.0 Å². The van der Waals surface area contributed by atoms with Crippen LogP contribution in [0.3, 0.4) is 0 Å². The van der Waals surface area contributed by atoms with Gasteiger partial charge in [-0.3, -0.25) is 4.79 Å². The molecule has 0 radical (unpaired) electrons. The van der Waals surface area contributed by atoms with Gasteiger partial charge in [-0.05, 0) is 90.8 Å². The van der Waals surface area contributed by atoms with Crippen molar-refractivity contribution >= 4 is 28.6 Å². The highest BCUT2D eigenvalue weighted by molar-refractivity contribution is 5.97. The van der Waals surface area contributed by atoms with Crippen molar-refractivity contribution in [1.29, 1.82) is 0 Å². The standard InChI is InChI=1S/C31H32F4N4O2/c1-19-14-24(17-30(2,3)16-19)39-27-15-21(28(40)36-18-20-4-7-22(32)8-5-20)6-13-26(27)38-29(39)37-23-9-11-25(12-10-23)41-31(33,34)35/h4-13,15,19,24H,14,16-18H2,1-3H3,(H,36,40)(H,37,38)/t19-,24+/m1/s1. The molecule has 0 unspecified atom stereocenters. The third-order valence-corrected chi connectivity index (χ3v) is 7.39. The summed E-state index contributed by atoms with van der Waals surface area (Å²) in [5.41, 5.74) is 3.36. The fraction of sp³-hybridized carbons (Fsp3) is 0.355. The van der Waals surface area contributed by atoms with E-state index in [9.17, 15) is 22.4 Å². The van der Waals surface area contributed by atoms with Crippen molar-refractivity contribution in [3.05, 3.63) is 83.7 Å². The van der Waals surface area contributed by atoms with E-state index in [1.807, 2.05) is 6.07 Å². The van der Waals surface area contributed by atoms with Gasteiger partial charge in [-0.15, -0.1) is 13.2 Å². The van der Waals surface area contributed by atoms with Crippen LogP contribution in [0, 0.1) is 17.2 Å². The van der Waals surface area contributed by atoms with Gasteiger partial charge in [0.1, 0.15) is 11.6 Å². The number of hydrogen-bond donors (Lipinski definition) is 2. The van der Waals surface area contributed by atoms with E-state index in [2.05, 4.69) is 40.7 Å². The molecule has 1 aliphatic rings. The van der Waals surface area contributed by atoms with Gasteiger partial charge in [0, 0.05) is 23.8 Å². The third-order valence-electron chi connectivity index (χ3n) is 7.39. The largest absolute Gasteiger partial charge is 0.573 e. The molecular formula is C31H32F4N4O2. The lowest BCUT2D eigenvalue weighted by molar-refractivity contribution is -0.274. The van der Waals surface area contributed by atoms with Crippen LogP contribution in [0.1, 0.15) is 62.0 Å². The number of benzene rings is 3. The molecule has 0 saturated heterocycles. The molecular weight excluding hydrogens is 536 g/mol. The molecule has 10 heteroatoms. The number of nitrogens with one attached hydrogen (secondary N) is 2. The average Bonchev–Trinajstić information content (AvgIpc) is 3.24. The Hall–Kier alpha value is -4.08. The number of halogens is 4. The van der Waals surface area contributed by atoms with Crippen molar-refractivity contribution in [2.45, 2.75) is 59.0 Å². The number of nitrogens with zero attached hydrogens (tertiary/aromatic N) is 2. The molecule has 1 aliphatic carbocycles. The number of fused-ring (bicyclic) bond motifs is 1. The lowest BCUT2D eigenvalue weighted by atomic mass is 9.70. The number of carbonyl (C=O) groups is 1. The van der Waals surface area contributed by atoms with Crippen molar-refractivity contribution in [3.63, 3.8) is 0 Å². The van der Waals surface area contributed by atoms with Gasteiger partial charge in [0.2, 0.25) is 5.95 Å². The molecule has 5 rings (SSSR count). The summed E-state index contributed by atoms with van der Waals surface area (Å²) in [6.45, 7) is 6.98. The summed E-state index contributed by atoms with van der Waals surface area (Å²) < 4.78 is 57.2. The van der Waals surface area contributed by atoms with Crippen LogP contribution < -0.4 is 15.4 Å². The zero-order valence-electron chi connectivity index (χ0n) is 23.1. The smallest absolute Gasteiger partial charge is 0.406 e. The van der Waals surface area contributed by atoms with Crippen LogP contribution in [0.25, 0.3) is 11.0 Å². The minimum atomic E-state index is -4.77. The van der Waals surface area contributed by atoms with Gasteiger partial charge < -0.3 is 19.9 Å². The number of alkyl halides is 3. The third kappa shape index (κ3) is 6.99. The van der Waals surface area contributed by atoms with E-state index in [4.69, 9.17) is 4.98 Å². The number of rotatable bonds is 7. The van der Waals surface area contributed by atoms with Crippen LogP contribution in [0.15, 0.2) is 66.7 Å². The maximum atomic E-state index is 13.2. The van der Waals surface area contributed by atoms with Gasteiger partial charge in [-0.1, -0.05) is 32.9 Å². The first-order valence-electron chi connectivity index (χ1n) is 13.5. The fourth-order valence-electron chi connectivity index (χ4n) is 5.94. The average molecular weight is 569 g/mol. The van der Waals surface area contributed by atoms with Gasteiger partial charge in [-0.25, -0.2) is 9.37 Å². The molecule has 1 heterocycles. The Bertz CT molecular complexity index is 1530. The SMILES string of the molecule is C[C@@H]1C[C@H](n2c(Nc3ccc(OC(F)(F)F)cc3)nc3ccc(C(=O)NCc4ccc(F)cc4)cc32)CC(C)(C)C1. The number of hydrogen-bond acceptors (Lipinski definition) is 4. The molecule has 2 N–H and O–H groups in total. The summed E-state index contributed by atoms with van der Waals surface area (Å²) in [6, 6.07) is 16.9. The Morgan fingerprint density at radius 2 is 1.76 bits per heavy atom. The molecule has 6 nitrogen and oxygen atoms in total. The monoisotopic (exact) mass is 568 g/mol. The lowest BCUT2D eigenvalue weighted by Crippen LogP contribution is -2.30. The van der Waals surface area contributed by atoms with Gasteiger partial charge >= 0.3 is 6.36 Å². The van der Waals surface area contributed by atoms with E-state index in [-0.39, 0.29) is 35.5 Å². The number of carbonyl (C=O) groups excluding carboxylic acids is 1. The van der Waals surface area contributed by atoms with E-state index in [0.717, 1.165) is 30.3 Å². The number of anilines is 2. The second-order valence-corrected chi connectivity index (χ2v) is 11.6. The quantitative estimate of drug-likeness (QED) is 0.221. The molecule has 1 aromatic heterocycles. The molecule has 41 heavy (non-hydrogen) atoms. The van der Waals surface area contributed by atoms with Crippen LogP contribution >= 0.6 is 0 Å². The zero-order valence-corrected chi connectivity index (χ0v) is 23.1. The Morgan fingerprint density at radius 1 is 1.05 bits per heavy atom. The first-order chi connectivity index (χ1) is 19.3. The molecule has 0 bridgehead atoms. The van der Waals surface area contributed by atoms with E-state index >= 15 is 0 Å². The van der Waals surface area contributed by atoms with Crippen LogP contribution in [0.2, 0.25) is 0 Å². The Morgan fingerprint density at radius 3 is 2.41 bits per heavy atom. The summed E-state index contributed by atoms with van der Waals surface area (Å²) >= 11 is 0. The predicted octanol–water partition coefficient (Wildman–Crippen LogP) is 8.13. The second kappa shape index (κ2) is 11.1. The highest BCUT2D eigenvalue weighted by atomic mass is 19.4. The lowest BCUT2D eigenvalue weighted by Gasteiger charge is -2.40. The van der Waals surface area contributed by atoms with E-state index in [1.165, 1.54) is 36.4 Å². The molecule has 1 amide bonds. The molecule has 3 aromatic carbocycles. The maximum absolute atomic E-state index is 13.2. The first-order valence-corrected chi connectivity index (χ1v) is 13.5. The summed E-state index contributed by atoms with van der Waals surface area (Å²) in [7, 11) is 0. The molecule has 0 aliphatic heterocycles. The maximum Gasteiger partial charge on any atom is 0.573 e. The van der Waals surface area contributed by atoms with E-state index < -0.39 is 6.36 Å². The summed E-state index contributed by atoms with van der Waals surface area (Å²) in [4.78, 5) is 17.9. The molecule has 1 fully saturated rings. The predicted molar refractivity (Wildman–Crippen MR) is 150 cm³/mol. The molecule has 2 atom stereocenters. The molecule has 4 aromatic rings. The zero-order chi connectivity index (χ0) is 29.4. The van der Waals surface area contributed by atoms with Crippen LogP contribution in [-0.4, -0.2) is 21.8 Å². The molecule has 0 spiro atoms. The van der Waals surface area contributed by atoms with Gasteiger partial charge in [0.15, 0.2) is 0 Å². The Balaban J connectivity index is 1.47. The van der Waals surface area contributed by atoms with Gasteiger partial charge in [-0.2, -0.15) is 0 Å². The first kappa shape index (κ1) is 28.4. The van der Waals surface area contributed by atoms with Crippen molar-refractivity contribution in [3.8, 4) is 5.75 Å².